The number of hydrogen-bond acceptors (Lipinski definition) is 7. The van der Waals surface area contributed by atoms with Gasteiger partial charge < -0.3 is 19.3 Å². The first-order chi connectivity index (χ1) is 25.4. The standard InChI is InChI=1S/C45H63N3O4/c1-7-13-16-33(10-4)30-50-38-23-19-36(20-24-38)43-46-44(37-21-25-39(26-22-37)51-31-34(11-5)17-14-8-2)48-45(47-43)41-28-27-40(29-42(41)49)52-32-35(12-6)18-15-9-3/h19-29,33-35,49H,7-18,30-32H2,1-6H3. The van der Waals surface area contributed by atoms with Gasteiger partial charge in [0.25, 0.3) is 0 Å². The van der Waals surface area contributed by atoms with Gasteiger partial charge in [-0.2, -0.15) is 0 Å². The van der Waals surface area contributed by atoms with E-state index in [0.29, 0.717) is 66.4 Å². The molecule has 52 heavy (non-hydrogen) atoms. The van der Waals surface area contributed by atoms with Crippen molar-refractivity contribution in [3.05, 3.63) is 66.7 Å². The van der Waals surface area contributed by atoms with Gasteiger partial charge in [-0.05, 0) is 97.7 Å². The molecule has 0 amide bonds. The monoisotopic (exact) mass is 709 g/mol. The fourth-order valence-electron chi connectivity index (χ4n) is 6.28. The number of ether oxygens (including phenoxy) is 3. The number of benzene rings is 3. The van der Waals surface area contributed by atoms with E-state index >= 15 is 0 Å². The highest BCUT2D eigenvalue weighted by atomic mass is 16.5. The molecule has 3 atom stereocenters. The number of unbranched alkanes of at least 4 members (excludes halogenated alkanes) is 3. The fraction of sp³-hybridized carbons (Fsp3) is 0.533. The molecular formula is C45H63N3O4. The molecule has 0 fully saturated rings. The van der Waals surface area contributed by atoms with Crippen LogP contribution in [0.4, 0.5) is 0 Å². The number of aromatic hydroxyl groups is 1. The van der Waals surface area contributed by atoms with E-state index in [9.17, 15) is 5.11 Å². The van der Waals surface area contributed by atoms with E-state index in [1.54, 1.807) is 6.07 Å². The predicted molar refractivity (Wildman–Crippen MR) is 214 cm³/mol. The van der Waals surface area contributed by atoms with Crippen molar-refractivity contribution in [3.63, 3.8) is 0 Å². The summed E-state index contributed by atoms with van der Waals surface area (Å²) in [6.45, 7) is 15.4. The van der Waals surface area contributed by atoms with E-state index in [-0.39, 0.29) is 5.75 Å². The highest BCUT2D eigenvalue weighted by Gasteiger charge is 2.17. The smallest absolute Gasteiger partial charge is 0.167 e. The molecule has 0 spiro atoms. The van der Waals surface area contributed by atoms with Crippen LogP contribution in [0, 0.1) is 17.8 Å². The van der Waals surface area contributed by atoms with Crippen LogP contribution in [0.3, 0.4) is 0 Å². The van der Waals surface area contributed by atoms with E-state index < -0.39 is 0 Å². The average molecular weight is 710 g/mol. The van der Waals surface area contributed by atoms with Gasteiger partial charge in [-0.1, -0.05) is 99.3 Å². The summed E-state index contributed by atoms with van der Waals surface area (Å²) < 4.78 is 18.5. The van der Waals surface area contributed by atoms with Crippen molar-refractivity contribution in [2.75, 3.05) is 19.8 Å². The Balaban J connectivity index is 1.60. The summed E-state index contributed by atoms with van der Waals surface area (Å²) in [4.78, 5) is 14.7. The van der Waals surface area contributed by atoms with E-state index in [0.717, 1.165) is 48.3 Å². The molecule has 1 aromatic heterocycles. The molecule has 4 aromatic rings. The molecule has 282 valence electrons. The minimum absolute atomic E-state index is 0.0665. The maximum Gasteiger partial charge on any atom is 0.167 e. The third-order valence-corrected chi connectivity index (χ3v) is 10.2. The molecule has 0 radical (unpaired) electrons. The molecule has 0 saturated carbocycles. The van der Waals surface area contributed by atoms with Crippen LogP contribution in [0.15, 0.2) is 66.7 Å². The van der Waals surface area contributed by atoms with Gasteiger partial charge in [0.2, 0.25) is 0 Å². The third kappa shape index (κ3) is 12.5. The summed E-state index contributed by atoms with van der Waals surface area (Å²) in [6.07, 6.45) is 14.0. The van der Waals surface area contributed by atoms with E-state index in [1.807, 2.05) is 60.7 Å². The second kappa shape index (κ2) is 22.1. The molecule has 3 aromatic carbocycles. The quantitative estimate of drug-likeness (QED) is 0.0775. The van der Waals surface area contributed by atoms with Crippen molar-refractivity contribution in [2.45, 2.75) is 119 Å². The molecule has 4 rings (SSSR count). The highest BCUT2D eigenvalue weighted by molar-refractivity contribution is 5.70. The Morgan fingerprint density at radius 1 is 0.481 bits per heavy atom. The van der Waals surface area contributed by atoms with Gasteiger partial charge in [-0.3, -0.25) is 0 Å². The molecule has 1 heterocycles. The summed E-state index contributed by atoms with van der Waals surface area (Å²) >= 11 is 0. The van der Waals surface area contributed by atoms with Gasteiger partial charge in [-0.25, -0.2) is 15.0 Å². The van der Waals surface area contributed by atoms with Crippen molar-refractivity contribution in [2.24, 2.45) is 17.8 Å². The number of hydrogen-bond donors (Lipinski definition) is 1. The van der Waals surface area contributed by atoms with Gasteiger partial charge in [0, 0.05) is 17.2 Å². The van der Waals surface area contributed by atoms with Crippen LogP contribution in [0.5, 0.6) is 23.0 Å². The van der Waals surface area contributed by atoms with Gasteiger partial charge in [0.05, 0.1) is 25.4 Å². The topological polar surface area (TPSA) is 86.6 Å². The maximum atomic E-state index is 11.2. The third-order valence-electron chi connectivity index (χ3n) is 10.2. The lowest BCUT2D eigenvalue weighted by Gasteiger charge is -2.16. The number of phenols is 1. The summed E-state index contributed by atoms with van der Waals surface area (Å²) in [6, 6.07) is 21.3. The molecule has 7 nitrogen and oxygen atoms in total. The zero-order valence-corrected chi connectivity index (χ0v) is 32.7. The van der Waals surface area contributed by atoms with Gasteiger partial charge >= 0.3 is 0 Å². The zero-order valence-electron chi connectivity index (χ0n) is 32.7. The Morgan fingerprint density at radius 3 is 1.21 bits per heavy atom. The first kappa shape index (κ1) is 40.6. The largest absolute Gasteiger partial charge is 0.507 e. The normalized spacial score (nSPS) is 13.0. The number of phenolic OH excluding ortho intramolecular Hbond substituents is 1. The minimum atomic E-state index is 0.0665. The molecule has 0 aliphatic rings. The molecule has 0 aliphatic heterocycles. The number of rotatable bonds is 24. The number of nitrogens with zero attached hydrogens (tertiary/aromatic N) is 3. The van der Waals surface area contributed by atoms with Crippen LogP contribution in [-0.4, -0.2) is 39.9 Å². The van der Waals surface area contributed by atoms with E-state index in [2.05, 4.69) is 41.5 Å². The van der Waals surface area contributed by atoms with Crippen molar-refractivity contribution in [1.29, 1.82) is 0 Å². The second-order valence-electron chi connectivity index (χ2n) is 14.2. The van der Waals surface area contributed by atoms with Crippen molar-refractivity contribution < 1.29 is 19.3 Å². The van der Waals surface area contributed by atoms with Crippen molar-refractivity contribution in [3.8, 4) is 57.2 Å². The minimum Gasteiger partial charge on any atom is -0.507 e. The van der Waals surface area contributed by atoms with E-state index in [4.69, 9.17) is 29.2 Å². The molecule has 1 N–H and O–H groups in total. The molecule has 0 bridgehead atoms. The Kier molecular flexibility index (Phi) is 17.2. The Bertz CT molecular complexity index is 1510. The zero-order chi connectivity index (χ0) is 37.1. The number of aromatic nitrogens is 3. The lowest BCUT2D eigenvalue weighted by Crippen LogP contribution is -2.11. The molecule has 0 aliphatic carbocycles. The molecular weight excluding hydrogens is 647 g/mol. The molecule has 0 saturated heterocycles. The fourth-order valence-corrected chi connectivity index (χ4v) is 6.28. The maximum absolute atomic E-state index is 11.2. The second-order valence-corrected chi connectivity index (χ2v) is 14.2. The summed E-state index contributed by atoms with van der Waals surface area (Å²) in [5, 5.41) is 11.2. The average Bonchev–Trinajstić information content (AvgIpc) is 3.18. The summed E-state index contributed by atoms with van der Waals surface area (Å²) in [5.74, 6) is 5.39. The Morgan fingerprint density at radius 2 is 0.846 bits per heavy atom. The Hall–Kier alpha value is -4.13. The van der Waals surface area contributed by atoms with Crippen molar-refractivity contribution >= 4 is 0 Å². The Labute approximate surface area is 313 Å². The van der Waals surface area contributed by atoms with Crippen LogP contribution < -0.4 is 14.2 Å². The summed E-state index contributed by atoms with van der Waals surface area (Å²) in [7, 11) is 0. The van der Waals surface area contributed by atoms with Crippen LogP contribution in [0.1, 0.15) is 119 Å². The van der Waals surface area contributed by atoms with Crippen LogP contribution in [0.25, 0.3) is 34.2 Å². The molecule has 3 unspecified atom stereocenters. The lowest BCUT2D eigenvalue weighted by molar-refractivity contribution is 0.232. The molecule has 7 heteroatoms. The van der Waals surface area contributed by atoms with E-state index in [1.165, 1.54) is 51.4 Å². The first-order valence-corrected chi connectivity index (χ1v) is 20.1. The predicted octanol–water partition coefficient (Wildman–Crippen LogP) is 12.4. The van der Waals surface area contributed by atoms with Gasteiger partial charge in [0.15, 0.2) is 17.5 Å². The summed E-state index contributed by atoms with van der Waals surface area (Å²) in [5.41, 5.74) is 2.20. The van der Waals surface area contributed by atoms with Crippen LogP contribution in [0.2, 0.25) is 0 Å². The first-order valence-electron chi connectivity index (χ1n) is 20.1. The van der Waals surface area contributed by atoms with Gasteiger partial charge in [0.1, 0.15) is 23.0 Å². The lowest BCUT2D eigenvalue weighted by atomic mass is 10.0. The highest BCUT2D eigenvalue weighted by Crippen LogP contribution is 2.34. The SMILES string of the molecule is CCCCC(CC)COc1ccc(-c2nc(-c3ccc(OCC(CC)CCCC)cc3)nc(-c3ccc(OCC(CC)CCCC)cc3O)n2)cc1. The van der Waals surface area contributed by atoms with Crippen molar-refractivity contribution in [1.82, 2.24) is 15.0 Å². The van der Waals surface area contributed by atoms with Gasteiger partial charge in [-0.15, -0.1) is 0 Å². The van der Waals surface area contributed by atoms with Crippen LogP contribution >= 0.6 is 0 Å². The van der Waals surface area contributed by atoms with Crippen LogP contribution in [-0.2, 0) is 0 Å².